The molecule has 0 spiro atoms. The topological polar surface area (TPSA) is 349 Å². The average Bonchev–Trinajstić information content (AvgIpc) is 3.80. The van der Waals surface area contributed by atoms with Crippen molar-refractivity contribution >= 4 is 65.1 Å². The molecule has 0 aromatic heterocycles. The SMILES string of the molecule is CC(C)CC(CC(=O)NO)C(=O)N[C@@H](Cc1ccc(O)cc1)C(=O)N[C@H](C(=O)NCC(=O)NCC(=O)N[C@@H](CCCCNC(=O)CCCC[C@@H]1SC[C@@H]2NC(=O)N[C@@H]21)C(N)=O)[C@@H](C)O. The van der Waals surface area contributed by atoms with Gasteiger partial charge in [0.2, 0.25) is 47.3 Å². The number of unbranched alkanes of at least 4 members (excludes halogenated alkanes) is 2. The number of nitrogens with two attached hydrogens (primary N) is 1. The van der Waals surface area contributed by atoms with Crippen LogP contribution in [0, 0.1) is 11.8 Å². The molecule has 8 atom stereocenters. The first-order chi connectivity index (χ1) is 30.4. The maximum atomic E-state index is 13.6. The van der Waals surface area contributed by atoms with Crippen LogP contribution in [0.25, 0.3) is 0 Å². The van der Waals surface area contributed by atoms with Crippen LogP contribution in [0.2, 0.25) is 0 Å². The van der Waals surface area contributed by atoms with E-state index in [2.05, 4.69) is 42.5 Å². The number of hydrogen-bond acceptors (Lipinski definition) is 13. The van der Waals surface area contributed by atoms with Crippen molar-refractivity contribution in [1.29, 1.82) is 0 Å². The first-order valence-corrected chi connectivity index (χ1v) is 22.5. The van der Waals surface area contributed by atoms with Gasteiger partial charge in [-0.25, -0.2) is 10.3 Å². The van der Waals surface area contributed by atoms with Gasteiger partial charge in [0.15, 0.2) is 0 Å². The second-order valence-electron chi connectivity index (χ2n) is 16.5. The number of aromatic hydroxyl groups is 1. The molecule has 23 heteroatoms. The van der Waals surface area contributed by atoms with Crippen molar-refractivity contribution in [2.24, 2.45) is 17.6 Å². The van der Waals surface area contributed by atoms with Crippen LogP contribution in [-0.2, 0) is 44.8 Å². The standard InChI is InChI=1S/C41H64N10O12S/c1-22(2)16-25(18-32(55)51-63)38(59)47-28(17-24-11-13-26(53)14-12-24)39(60)49-35(23(3)52)40(61)45-19-33(56)44-20-34(57)46-27(37(42)58)8-6-7-15-43-31(54)10-5-4-9-30-36-29(21-64-30)48-41(62)50-36/h11-14,22-23,25,27-30,35-36,52-53,63H,4-10,15-21H2,1-3H3,(H2,42,58)(H,43,54)(H,44,56)(H,45,61)(H,46,57)(H,47,59)(H,49,60)(H,51,55)(H2,48,50,62)/t23-,25?,27+,28+,29+,30+,35+,36+/m1/s1. The molecule has 1 unspecified atom stereocenters. The maximum absolute atomic E-state index is 13.6. The fourth-order valence-electron chi connectivity index (χ4n) is 7.26. The molecule has 64 heavy (non-hydrogen) atoms. The van der Waals surface area contributed by atoms with Gasteiger partial charge in [0, 0.05) is 42.7 Å². The summed E-state index contributed by atoms with van der Waals surface area (Å²) in [5.41, 5.74) is 7.47. The molecule has 14 N–H and O–H groups in total. The normalized spacial score (nSPS) is 18.7. The Morgan fingerprint density at radius 1 is 0.797 bits per heavy atom. The number of benzene rings is 1. The Labute approximate surface area is 375 Å². The summed E-state index contributed by atoms with van der Waals surface area (Å²) in [7, 11) is 0. The molecule has 10 amide bonds. The number of urea groups is 1. The van der Waals surface area contributed by atoms with Gasteiger partial charge in [-0.3, -0.25) is 43.6 Å². The number of fused-ring (bicyclic) bond motifs is 1. The molecule has 0 bridgehead atoms. The molecule has 2 aliphatic heterocycles. The summed E-state index contributed by atoms with van der Waals surface area (Å²) in [5, 5.41) is 50.2. The Bertz CT molecular complexity index is 1790. The summed E-state index contributed by atoms with van der Waals surface area (Å²) < 4.78 is 0. The van der Waals surface area contributed by atoms with E-state index in [0.29, 0.717) is 43.0 Å². The number of amides is 10. The van der Waals surface area contributed by atoms with E-state index in [1.807, 2.05) is 25.6 Å². The monoisotopic (exact) mass is 920 g/mol. The highest BCUT2D eigenvalue weighted by Gasteiger charge is 2.42. The van der Waals surface area contributed by atoms with E-state index in [1.54, 1.807) is 0 Å². The smallest absolute Gasteiger partial charge is 0.315 e. The van der Waals surface area contributed by atoms with E-state index in [4.69, 9.17) is 10.9 Å². The van der Waals surface area contributed by atoms with Crippen molar-refractivity contribution in [3.8, 4) is 5.75 Å². The maximum Gasteiger partial charge on any atom is 0.315 e. The van der Waals surface area contributed by atoms with E-state index in [1.165, 1.54) is 36.7 Å². The summed E-state index contributed by atoms with van der Waals surface area (Å²) >= 11 is 1.83. The zero-order valence-corrected chi connectivity index (χ0v) is 37.2. The van der Waals surface area contributed by atoms with Crippen molar-refractivity contribution in [2.75, 3.05) is 25.4 Å². The largest absolute Gasteiger partial charge is 0.508 e. The third-order valence-electron chi connectivity index (χ3n) is 10.6. The number of aliphatic hydroxyl groups is 1. The fraction of sp³-hybridized carbons (Fsp3) is 0.634. The minimum Gasteiger partial charge on any atom is -0.508 e. The Morgan fingerprint density at radius 3 is 2.16 bits per heavy atom. The minimum atomic E-state index is -1.62. The first-order valence-electron chi connectivity index (χ1n) is 21.4. The number of nitrogens with one attached hydrogen (secondary N) is 9. The first kappa shape index (κ1) is 52.7. The zero-order valence-electron chi connectivity index (χ0n) is 36.4. The summed E-state index contributed by atoms with van der Waals surface area (Å²) in [6.07, 6.45) is 2.21. The van der Waals surface area contributed by atoms with Gasteiger partial charge in [-0.15, -0.1) is 0 Å². The van der Waals surface area contributed by atoms with Gasteiger partial charge in [0.05, 0.1) is 31.3 Å². The van der Waals surface area contributed by atoms with Crippen molar-refractivity contribution in [1.82, 2.24) is 48.0 Å². The number of primary amides is 1. The van der Waals surface area contributed by atoms with Gasteiger partial charge in [-0.2, -0.15) is 11.8 Å². The second kappa shape index (κ2) is 26.8. The van der Waals surface area contributed by atoms with Crippen LogP contribution in [0.3, 0.4) is 0 Å². The Balaban J connectivity index is 1.41. The number of thioether (sulfide) groups is 1. The lowest BCUT2D eigenvalue weighted by molar-refractivity contribution is -0.137. The third kappa shape index (κ3) is 18.6. The van der Waals surface area contributed by atoms with Crippen LogP contribution in [0.15, 0.2) is 24.3 Å². The van der Waals surface area contributed by atoms with E-state index in [0.717, 1.165) is 18.6 Å². The van der Waals surface area contributed by atoms with Gasteiger partial charge >= 0.3 is 6.03 Å². The molecular formula is C41H64N10O12S. The highest BCUT2D eigenvalue weighted by Crippen LogP contribution is 2.33. The number of carbonyl (C=O) groups is 9. The van der Waals surface area contributed by atoms with Gasteiger partial charge in [-0.1, -0.05) is 32.4 Å². The molecule has 2 aliphatic rings. The number of phenols is 1. The quantitative estimate of drug-likeness (QED) is 0.0189. The predicted molar refractivity (Wildman–Crippen MR) is 233 cm³/mol. The predicted octanol–water partition coefficient (Wildman–Crippen LogP) is -1.94. The molecule has 356 valence electrons. The Kier molecular flexibility index (Phi) is 22.1. The van der Waals surface area contributed by atoms with Crippen LogP contribution in [0.4, 0.5) is 4.79 Å². The number of rotatable bonds is 28. The van der Waals surface area contributed by atoms with Gasteiger partial charge in [0.1, 0.15) is 23.9 Å². The molecule has 2 saturated heterocycles. The summed E-state index contributed by atoms with van der Waals surface area (Å²) in [6.45, 7) is 3.97. The lowest BCUT2D eigenvalue weighted by Crippen LogP contribution is -2.58. The number of carbonyl (C=O) groups excluding carboxylic acids is 9. The number of phenolic OH excluding ortho intramolecular Hbond substituents is 1. The summed E-state index contributed by atoms with van der Waals surface area (Å²) in [4.78, 5) is 113. The Hall–Kier alpha value is -5.68. The average molecular weight is 921 g/mol. The van der Waals surface area contributed by atoms with Crippen LogP contribution < -0.4 is 53.7 Å². The zero-order chi connectivity index (χ0) is 47.3. The highest BCUT2D eigenvalue weighted by atomic mass is 32.2. The molecule has 1 aromatic carbocycles. The van der Waals surface area contributed by atoms with E-state index in [-0.39, 0.29) is 61.4 Å². The van der Waals surface area contributed by atoms with Crippen molar-refractivity contribution in [2.45, 2.75) is 127 Å². The van der Waals surface area contributed by atoms with Crippen LogP contribution in [0.5, 0.6) is 5.75 Å². The lowest BCUT2D eigenvalue weighted by atomic mass is 9.92. The van der Waals surface area contributed by atoms with E-state index >= 15 is 0 Å². The molecular weight excluding hydrogens is 857 g/mol. The molecule has 3 rings (SSSR count). The van der Waals surface area contributed by atoms with Gasteiger partial charge < -0.3 is 58.5 Å². The molecule has 0 radical (unpaired) electrons. The van der Waals surface area contributed by atoms with Crippen molar-refractivity contribution in [3.63, 3.8) is 0 Å². The molecule has 0 saturated carbocycles. The minimum absolute atomic E-state index is 0.0441. The van der Waals surface area contributed by atoms with Crippen LogP contribution in [-0.4, -0.2) is 136 Å². The molecule has 2 heterocycles. The van der Waals surface area contributed by atoms with Crippen molar-refractivity contribution in [3.05, 3.63) is 29.8 Å². The molecule has 2 fully saturated rings. The molecule has 22 nitrogen and oxygen atoms in total. The number of aliphatic hydroxyl groups excluding tert-OH is 1. The van der Waals surface area contributed by atoms with Crippen LogP contribution in [0.1, 0.15) is 84.1 Å². The molecule has 1 aromatic rings. The number of hydroxylamine groups is 1. The van der Waals surface area contributed by atoms with E-state index < -0.39 is 84.6 Å². The highest BCUT2D eigenvalue weighted by molar-refractivity contribution is 8.00. The molecule has 0 aliphatic carbocycles. The lowest BCUT2D eigenvalue weighted by Gasteiger charge is -2.26. The second-order valence-corrected chi connectivity index (χ2v) is 17.7. The Morgan fingerprint density at radius 2 is 1.50 bits per heavy atom. The van der Waals surface area contributed by atoms with Crippen LogP contribution >= 0.6 is 11.8 Å². The summed E-state index contributed by atoms with van der Waals surface area (Å²) in [5.74, 6) is -5.97. The van der Waals surface area contributed by atoms with Gasteiger partial charge in [-0.05, 0) is 69.1 Å². The van der Waals surface area contributed by atoms with E-state index in [9.17, 15) is 53.4 Å². The van der Waals surface area contributed by atoms with Gasteiger partial charge in [0.25, 0.3) is 0 Å². The fourth-order valence-corrected chi connectivity index (χ4v) is 8.80. The number of hydrogen-bond donors (Lipinski definition) is 13. The summed E-state index contributed by atoms with van der Waals surface area (Å²) in [6, 6.07) is 1.91. The third-order valence-corrected chi connectivity index (χ3v) is 12.1. The van der Waals surface area contributed by atoms with Crippen molar-refractivity contribution < 1.29 is 58.6 Å².